The SMILES string of the molecule is CCC(C)(C)N(C)c1nc2c(s1)CCCC2NC. The van der Waals surface area contributed by atoms with Gasteiger partial charge in [-0.05, 0) is 46.6 Å². The quantitative estimate of drug-likeness (QED) is 0.906. The zero-order valence-corrected chi connectivity index (χ0v) is 13.0. The molecular formula is C14H25N3S. The van der Waals surface area contributed by atoms with Gasteiger partial charge in [-0.3, -0.25) is 0 Å². The van der Waals surface area contributed by atoms with Crippen LogP contribution in [0.5, 0.6) is 0 Å². The Morgan fingerprint density at radius 1 is 1.50 bits per heavy atom. The molecule has 2 rings (SSSR count). The molecule has 1 atom stereocenters. The Morgan fingerprint density at radius 2 is 2.22 bits per heavy atom. The first-order chi connectivity index (χ1) is 8.49. The fourth-order valence-corrected chi connectivity index (χ4v) is 3.61. The summed E-state index contributed by atoms with van der Waals surface area (Å²) in [7, 11) is 4.21. The van der Waals surface area contributed by atoms with E-state index in [4.69, 9.17) is 4.98 Å². The minimum absolute atomic E-state index is 0.176. The average Bonchev–Trinajstić information content (AvgIpc) is 2.81. The highest BCUT2D eigenvalue weighted by Gasteiger charge is 2.28. The summed E-state index contributed by atoms with van der Waals surface area (Å²) in [4.78, 5) is 8.72. The van der Waals surface area contributed by atoms with Gasteiger partial charge in [-0.25, -0.2) is 4.98 Å². The number of hydrogen-bond acceptors (Lipinski definition) is 4. The van der Waals surface area contributed by atoms with Crippen molar-refractivity contribution in [3.63, 3.8) is 0 Å². The largest absolute Gasteiger partial charge is 0.346 e. The molecule has 0 spiro atoms. The van der Waals surface area contributed by atoms with Gasteiger partial charge in [0, 0.05) is 17.5 Å². The van der Waals surface area contributed by atoms with Crippen molar-refractivity contribution in [3.05, 3.63) is 10.6 Å². The fourth-order valence-electron chi connectivity index (χ4n) is 2.33. The number of hydrogen-bond donors (Lipinski definition) is 1. The van der Waals surface area contributed by atoms with Gasteiger partial charge in [-0.15, -0.1) is 11.3 Å². The Labute approximate surface area is 115 Å². The van der Waals surface area contributed by atoms with E-state index in [9.17, 15) is 0 Å². The molecule has 1 aromatic rings. The number of nitrogens with one attached hydrogen (secondary N) is 1. The summed E-state index contributed by atoms with van der Waals surface area (Å²) in [5.74, 6) is 0. The van der Waals surface area contributed by atoms with Crippen LogP contribution in [0.3, 0.4) is 0 Å². The average molecular weight is 267 g/mol. The molecule has 0 amide bonds. The smallest absolute Gasteiger partial charge is 0.186 e. The zero-order valence-electron chi connectivity index (χ0n) is 12.2. The number of nitrogens with zero attached hydrogens (tertiary/aromatic N) is 2. The normalized spacial score (nSPS) is 19.7. The first-order valence-corrected chi connectivity index (χ1v) is 7.72. The van der Waals surface area contributed by atoms with Crippen LogP contribution in [0.2, 0.25) is 0 Å². The summed E-state index contributed by atoms with van der Waals surface area (Å²) < 4.78 is 0. The van der Waals surface area contributed by atoms with Crippen LogP contribution in [0.1, 0.15) is 56.6 Å². The number of rotatable bonds is 4. The lowest BCUT2D eigenvalue weighted by Gasteiger charge is -2.34. The number of fused-ring (bicyclic) bond motifs is 1. The van der Waals surface area contributed by atoms with Crippen LogP contribution in [-0.2, 0) is 6.42 Å². The second-order valence-electron chi connectivity index (χ2n) is 5.76. The van der Waals surface area contributed by atoms with Gasteiger partial charge in [0.1, 0.15) is 0 Å². The van der Waals surface area contributed by atoms with Crippen molar-refractivity contribution in [2.75, 3.05) is 19.0 Å². The molecule has 102 valence electrons. The maximum absolute atomic E-state index is 4.90. The van der Waals surface area contributed by atoms with Gasteiger partial charge in [-0.2, -0.15) is 0 Å². The molecule has 0 bridgehead atoms. The van der Waals surface area contributed by atoms with Crippen LogP contribution in [-0.4, -0.2) is 24.6 Å². The molecule has 0 radical (unpaired) electrons. The first-order valence-electron chi connectivity index (χ1n) is 6.90. The summed E-state index contributed by atoms with van der Waals surface area (Å²) in [6.07, 6.45) is 4.82. The van der Waals surface area contributed by atoms with E-state index in [2.05, 4.69) is 38.0 Å². The van der Waals surface area contributed by atoms with E-state index in [1.807, 2.05) is 18.4 Å². The molecule has 18 heavy (non-hydrogen) atoms. The van der Waals surface area contributed by atoms with Crippen LogP contribution in [0.15, 0.2) is 0 Å². The Hall–Kier alpha value is -0.610. The number of thiazole rings is 1. The van der Waals surface area contributed by atoms with Crippen molar-refractivity contribution in [3.8, 4) is 0 Å². The van der Waals surface area contributed by atoms with Crippen molar-refractivity contribution >= 4 is 16.5 Å². The van der Waals surface area contributed by atoms with Crippen LogP contribution in [0, 0.1) is 0 Å². The predicted molar refractivity (Wildman–Crippen MR) is 79.6 cm³/mol. The monoisotopic (exact) mass is 267 g/mol. The highest BCUT2D eigenvalue weighted by atomic mass is 32.1. The summed E-state index contributed by atoms with van der Waals surface area (Å²) in [5, 5.41) is 4.57. The van der Waals surface area contributed by atoms with Crippen molar-refractivity contribution in [2.24, 2.45) is 0 Å². The number of aromatic nitrogens is 1. The molecule has 1 aliphatic rings. The van der Waals surface area contributed by atoms with Gasteiger partial charge in [0.15, 0.2) is 5.13 Å². The van der Waals surface area contributed by atoms with Crippen molar-refractivity contribution in [1.29, 1.82) is 0 Å². The lowest BCUT2D eigenvalue weighted by atomic mass is 9.98. The first kappa shape index (κ1) is 13.8. The van der Waals surface area contributed by atoms with Crippen LogP contribution in [0.25, 0.3) is 0 Å². The summed E-state index contributed by atoms with van der Waals surface area (Å²) in [6.45, 7) is 6.80. The zero-order chi connectivity index (χ0) is 13.3. The molecule has 1 heterocycles. The fraction of sp³-hybridized carbons (Fsp3) is 0.786. The standard InChI is InChI=1S/C14H25N3S/c1-6-14(2,3)17(5)13-16-12-10(15-4)8-7-9-11(12)18-13/h10,15H,6-9H2,1-5H3. The third-order valence-electron chi connectivity index (χ3n) is 4.35. The molecule has 3 nitrogen and oxygen atoms in total. The second kappa shape index (κ2) is 5.17. The van der Waals surface area contributed by atoms with Crippen LogP contribution in [0.4, 0.5) is 5.13 Å². The Morgan fingerprint density at radius 3 is 2.83 bits per heavy atom. The van der Waals surface area contributed by atoms with Crippen LogP contribution >= 0.6 is 11.3 Å². The maximum Gasteiger partial charge on any atom is 0.186 e. The van der Waals surface area contributed by atoms with Gasteiger partial charge in [0.25, 0.3) is 0 Å². The van der Waals surface area contributed by atoms with E-state index in [0.29, 0.717) is 6.04 Å². The lowest BCUT2D eigenvalue weighted by Crippen LogP contribution is -2.40. The Bertz CT molecular complexity index is 411. The second-order valence-corrected chi connectivity index (χ2v) is 6.83. The van der Waals surface area contributed by atoms with Gasteiger partial charge in [-0.1, -0.05) is 6.92 Å². The molecule has 1 aromatic heterocycles. The van der Waals surface area contributed by atoms with Gasteiger partial charge in [0.2, 0.25) is 0 Å². The molecule has 0 saturated heterocycles. The third-order valence-corrected chi connectivity index (χ3v) is 5.56. The molecule has 0 aliphatic heterocycles. The third kappa shape index (κ3) is 2.41. The topological polar surface area (TPSA) is 28.2 Å². The van der Waals surface area contributed by atoms with Gasteiger partial charge < -0.3 is 10.2 Å². The molecular weight excluding hydrogens is 242 g/mol. The minimum atomic E-state index is 0.176. The van der Waals surface area contributed by atoms with E-state index in [1.54, 1.807) is 0 Å². The molecule has 0 aromatic carbocycles. The molecule has 4 heteroatoms. The molecule has 0 saturated carbocycles. The molecule has 0 fully saturated rings. The number of anilines is 1. The van der Waals surface area contributed by atoms with Gasteiger partial charge >= 0.3 is 0 Å². The van der Waals surface area contributed by atoms with Gasteiger partial charge in [0.05, 0.1) is 11.7 Å². The molecule has 1 unspecified atom stereocenters. The van der Waals surface area contributed by atoms with Crippen LogP contribution < -0.4 is 10.2 Å². The summed E-state index contributed by atoms with van der Waals surface area (Å²) in [6, 6.07) is 0.455. The Balaban J connectivity index is 2.29. The molecule has 1 aliphatic carbocycles. The van der Waals surface area contributed by atoms with Crippen molar-refractivity contribution in [2.45, 2.75) is 58.0 Å². The van der Waals surface area contributed by atoms with E-state index in [-0.39, 0.29) is 5.54 Å². The van der Waals surface area contributed by atoms with E-state index in [1.165, 1.54) is 35.0 Å². The van der Waals surface area contributed by atoms with Crippen molar-refractivity contribution < 1.29 is 0 Å². The maximum atomic E-state index is 4.90. The lowest BCUT2D eigenvalue weighted by molar-refractivity contribution is 0.466. The molecule has 1 N–H and O–H groups in total. The number of aryl methyl sites for hydroxylation is 1. The minimum Gasteiger partial charge on any atom is -0.346 e. The summed E-state index contributed by atoms with van der Waals surface area (Å²) in [5.41, 5.74) is 1.47. The summed E-state index contributed by atoms with van der Waals surface area (Å²) >= 11 is 1.88. The highest BCUT2D eigenvalue weighted by Crippen LogP contribution is 2.38. The Kier molecular flexibility index (Phi) is 3.97. The van der Waals surface area contributed by atoms with Crippen molar-refractivity contribution in [1.82, 2.24) is 10.3 Å². The predicted octanol–water partition coefficient (Wildman–Crippen LogP) is 3.36. The van der Waals surface area contributed by atoms with E-state index < -0.39 is 0 Å². The highest BCUT2D eigenvalue weighted by molar-refractivity contribution is 7.15. The van der Waals surface area contributed by atoms with E-state index in [0.717, 1.165) is 6.42 Å². The van der Waals surface area contributed by atoms with E-state index >= 15 is 0 Å².